The van der Waals surface area contributed by atoms with Crippen molar-refractivity contribution in [2.75, 3.05) is 20.1 Å². The Labute approximate surface area is 109 Å². The van der Waals surface area contributed by atoms with Crippen LogP contribution in [0.15, 0.2) is 29.2 Å². The summed E-state index contributed by atoms with van der Waals surface area (Å²) < 4.78 is 26.5. The van der Waals surface area contributed by atoms with Crippen LogP contribution in [0.5, 0.6) is 0 Å². The molecular weight excluding hydrogens is 260 g/mol. The quantitative estimate of drug-likeness (QED) is 0.768. The van der Waals surface area contributed by atoms with Crippen LogP contribution < -0.4 is 10.0 Å². The van der Waals surface area contributed by atoms with Crippen molar-refractivity contribution in [1.29, 1.82) is 0 Å². The van der Waals surface area contributed by atoms with Gasteiger partial charge in [0, 0.05) is 13.1 Å². The lowest BCUT2D eigenvalue weighted by atomic mass is 10.2. The highest BCUT2D eigenvalue weighted by molar-refractivity contribution is 7.89. The van der Waals surface area contributed by atoms with Gasteiger partial charge in [0.05, 0.1) is 4.90 Å². The lowest BCUT2D eigenvalue weighted by Gasteiger charge is -2.09. The number of hydrogen-bond donors (Lipinski definition) is 2. The average Bonchev–Trinajstić information content (AvgIpc) is 2.29. The molecule has 6 heteroatoms. The molecule has 0 spiro atoms. The standard InChI is InChI=1S/C11H18N2O2S.ClH/c1-3-10-6-4-5-7-11(10)16(14,15)13-9-8-12-2;/h4-7,12-13H,3,8-9H2,1-2H3;1H. The molecule has 1 aromatic carbocycles. The Balaban J connectivity index is 0.00000256. The molecule has 4 nitrogen and oxygen atoms in total. The van der Waals surface area contributed by atoms with Crippen LogP contribution >= 0.6 is 12.4 Å². The normalized spacial score (nSPS) is 10.9. The van der Waals surface area contributed by atoms with E-state index in [0.29, 0.717) is 24.4 Å². The van der Waals surface area contributed by atoms with E-state index in [-0.39, 0.29) is 12.4 Å². The Kier molecular flexibility index (Phi) is 7.38. The van der Waals surface area contributed by atoms with E-state index in [2.05, 4.69) is 10.0 Å². The maximum absolute atomic E-state index is 11.9. The molecule has 1 aromatic rings. The molecule has 0 aromatic heterocycles. The lowest BCUT2D eigenvalue weighted by molar-refractivity contribution is 0.578. The van der Waals surface area contributed by atoms with Gasteiger partial charge in [-0.25, -0.2) is 13.1 Å². The topological polar surface area (TPSA) is 58.2 Å². The van der Waals surface area contributed by atoms with E-state index >= 15 is 0 Å². The Morgan fingerprint density at radius 3 is 2.41 bits per heavy atom. The predicted octanol–water partition coefficient (Wildman–Crippen LogP) is 1.17. The molecule has 0 unspecified atom stereocenters. The number of benzene rings is 1. The van der Waals surface area contributed by atoms with Gasteiger partial charge >= 0.3 is 0 Å². The van der Waals surface area contributed by atoms with Crippen LogP contribution in [-0.2, 0) is 16.4 Å². The van der Waals surface area contributed by atoms with Crippen LogP contribution in [0.2, 0.25) is 0 Å². The van der Waals surface area contributed by atoms with E-state index in [4.69, 9.17) is 0 Å². The predicted molar refractivity (Wildman–Crippen MR) is 72.2 cm³/mol. The molecule has 98 valence electrons. The second kappa shape index (κ2) is 7.66. The summed E-state index contributed by atoms with van der Waals surface area (Å²) >= 11 is 0. The van der Waals surface area contributed by atoms with Crippen LogP contribution in [0, 0.1) is 0 Å². The third-order valence-corrected chi connectivity index (χ3v) is 3.87. The van der Waals surface area contributed by atoms with Crippen LogP contribution in [-0.4, -0.2) is 28.6 Å². The summed E-state index contributed by atoms with van der Waals surface area (Å²) in [7, 11) is -1.58. The summed E-state index contributed by atoms with van der Waals surface area (Å²) in [5.74, 6) is 0. The van der Waals surface area contributed by atoms with E-state index < -0.39 is 10.0 Å². The lowest BCUT2D eigenvalue weighted by Crippen LogP contribution is -2.31. The molecule has 0 saturated carbocycles. The van der Waals surface area contributed by atoms with Crippen LogP contribution in [0.1, 0.15) is 12.5 Å². The molecule has 0 heterocycles. The Hall–Kier alpha value is -0.620. The first-order valence-electron chi connectivity index (χ1n) is 5.34. The SMILES string of the molecule is CCc1ccccc1S(=O)(=O)NCCNC.Cl. The molecule has 0 atom stereocenters. The van der Waals surface area contributed by atoms with Gasteiger partial charge in [-0.05, 0) is 25.1 Å². The van der Waals surface area contributed by atoms with Crippen molar-refractivity contribution >= 4 is 22.4 Å². The highest BCUT2D eigenvalue weighted by Gasteiger charge is 2.15. The first-order valence-corrected chi connectivity index (χ1v) is 6.82. The largest absolute Gasteiger partial charge is 0.318 e. The molecule has 17 heavy (non-hydrogen) atoms. The molecule has 0 fully saturated rings. The second-order valence-electron chi connectivity index (χ2n) is 3.46. The number of sulfonamides is 1. The van der Waals surface area contributed by atoms with Crippen molar-refractivity contribution in [2.45, 2.75) is 18.2 Å². The van der Waals surface area contributed by atoms with Gasteiger partial charge in [0.25, 0.3) is 0 Å². The van der Waals surface area contributed by atoms with Crippen molar-refractivity contribution in [3.63, 3.8) is 0 Å². The average molecular weight is 279 g/mol. The molecule has 0 aliphatic carbocycles. The number of aryl methyl sites for hydroxylation is 1. The maximum Gasteiger partial charge on any atom is 0.240 e. The zero-order chi connectivity index (χ0) is 12.0. The number of likely N-dealkylation sites (N-methyl/N-ethyl adjacent to an activating group) is 1. The molecule has 0 radical (unpaired) electrons. The third-order valence-electron chi connectivity index (χ3n) is 2.31. The van der Waals surface area contributed by atoms with Gasteiger partial charge in [0.1, 0.15) is 0 Å². The fourth-order valence-electron chi connectivity index (χ4n) is 1.45. The molecule has 0 aliphatic heterocycles. The van der Waals surface area contributed by atoms with E-state index in [9.17, 15) is 8.42 Å². The Bertz CT molecular complexity index is 435. The van der Waals surface area contributed by atoms with Gasteiger partial charge in [-0.15, -0.1) is 12.4 Å². The molecule has 0 aliphatic rings. The summed E-state index contributed by atoms with van der Waals surface area (Å²) in [5.41, 5.74) is 0.847. The Morgan fingerprint density at radius 1 is 1.18 bits per heavy atom. The summed E-state index contributed by atoms with van der Waals surface area (Å²) in [4.78, 5) is 0.383. The minimum atomic E-state index is -3.37. The summed E-state index contributed by atoms with van der Waals surface area (Å²) in [6.45, 7) is 2.96. The number of hydrogen-bond acceptors (Lipinski definition) is 3. The molecule has 0 amide bonds. The van der Waals surface area contributed by atoms with Crippen molar-refractivity contribution in [3.05, 3.63) is 29.8 Å². The van der Waals surface area contributed by atoms with E-state index in [1.807, 2.05) is 19.1 Å². The van der Waals surface area contributed by atoms with Crippen LogP contribution in [0.25, 0.3) is 0 Å². The minimum absolute atomic E-state index is 0. The van der Waals surface area contributed by atoms with Gasteiger partial charge in [-0.3, -0.25) is 0 Å². The number of halogens is 1. The number of rotatable bonds is 6. The van der Waals surface area contributed by atoms with Crippen molar-refractivity contribution < 1.29 is 8.42 Å². The molecule has 2 N–H and O–H groups in total. The van der Waals surface area contributed by atoms with Crippen molar-refractivity contribution in [1.82, 2.24) is 10.0 Å². The van der Waals surface area contributed by atoms with Gasteiger partial charge < -0.3 is 5.32 Å². The van der Waals surface area contributed by atoms with E-state index in [1.165, 1.54) is 0 Å². The second-order valence-corrected chi connectivity index (χ2v) is 5.20. The van der Waals surface area contributed by atoms with Gasteiger partial charge in [0.15, 0.2) is 0 Å². The van der Waals surface area contributed by atoms with Crippen molar-refractivity contribution in [2.24, 2.45) is 0 Å². The molecule has 0 saturated heterocycles. The molecule has 0 bridgehead atoms. The highest BCUT2D eigenvalue weighted by atomic mass is 35.5. The number of nitrogens with one attached hydrogen (secondary N) is 2. The smallest absolute Gasteiger partial charge is 0.240 e. The minimum Gasteiger partial charge on any atom is -0.318 e. The first kappa shape index (κ1) is 16.4. The maximum atomic E-state index is 11.9. The zero-order valence-corrected chi connectivity index (χ0v) is 11.7. The fraction of sp³-hybridized carbons (Fsp3) is 0.455. The van der Waals surface area contributed by atoms with Crippen molar-refractivity contribution in [3.8, 4) is 0 Å². The highest BCUT2D eigenvalue weighted by Crippen LogP contribution is 2.15. The van der Waals surface area contributed by atoms with Crippen LogP contribution in [0.3, 0.4) is 0 Å². The molecular formula is C11H19ClN2O2S. The monoisotopic (exact) mass is 278 g/mol. The van der Waals surface area contributed by atoms with Gasteiger partial charge in [0.2, 0.25) is 10.0 Å². The third kappa shape index (κ3) is 4.63. The van der Waals surface area contributed by atoms with Gasteiger partial charge in [-0.2, -0.15) is 0 Å². The fourth-order valence-corrected chi connectivity index (χ4v) is 2.79. The van der Waals surface area contributed by atoms with E-state index in [0.717, 1.165) is 5.56 Å². The van der Waals surface area contributed by atoms with E-state index in [1.54, 1.807) is 19.2 Å². The van der Waals surface area contributed by atoms with Crippen LogP contribution in [0.4, 0.5) is 0 Å². The summed E-state index contributed by atoms with van der Waals surface area (Å²) in [5, 5.41) is 2.89. The van der Waals surface area contributed by atoms with Gasteiger partial charge in [-0.1, -0.05) is 25.1 Å². The zero-order valence-electron chi connectivity index (χ0n) is 10.1. The molecule has 1 rings (SSSR count). The summed E-state index contributed by atoms with van der Waals surface area (Å²) in [6.07, 6.45) is 0.711. The Morgan fingerprint density at radius 2 is 1.82 bits per heavy atom. The summed E-state index contributed by atoms with van der Waals surface area (Å²) in [6, 6.07) is 7.07. The first-order chi connectivity index (χ1) is 7.61.